The maximum absolute atomic E-state index is 12.5. The predicted octanol–water partition coefficient (Wildman–Crippen LogP) is 1.75. The first kappa shape index (κ1) is 14.5. The highest BCUT2D eigenvalue weighted by molar-refractivity contribution is 5.95. The lowest BCUT2D eigenvalue weighted by atomic mass is 10.1. The smallest absolute Gasteiger partial charge is 0.227 e. The summed E-state index contributed by atoms with van der Waals surface area (Å²) in [5.74, 6) is 0.602. The van der Waals surface area contributed by atoms with Crippen LogP contribution in [-0.2, 0) is 9.59 Å². The zero-order chi connectivity index (χ0) is 15.8. The number of amides is 2. The Morgan fingerprint density at radius 3 is 2.78 bits per heavy atom. The number of likely N-dealkylation sites (tertiary alicyclic amines) is 1. The Balaban J connectivity index is 1.41. The van der Waals surface area contributed by atoms with Crippen LogP contribution in [0.15, 0.2) is 24.5 Å². The average Bonchev–Trinajstić information content (AvgIpc) is 3.32. The molecular weight excluding hydrogens is 292 g/mol. The number of carbonyl (C=O) groups is 2. The van der Waals surface area contributed by atoms with Crippen molar-refractivity contribution in [2.75, 3.05) is 24.5 Å². The van der Waals surface area contributed by atoms with Gasteiger partial charge in [0.25, 0.3) is 0 Å². The van der Waals surface area contributed by atoms with E-state index in [2.05, 4.69) is 17.3 Å². The van der Waals surface area contributed by atoms with E-state index in [0.29, 0.717) is 6.42 Å². The molecular formula is C17H22N4O2. The van der Waals surface area contributed by atoms with Gasteiger partial charge in [-0.15, -0.1) is 0 Å². The van der Waals surface area contributed by atoms with Crippen molar-refractivity contribution in [3.05, 3.63) is 24.5 Å². The van der Waals surface area contributed by atoms with Crippen LogP contribution in [-0.4, -0.2) is 46.1 Å². The van der Waals surface area contributed by atoms with Crippen molar-refractivity contribution >= 4 is 17.5 Å². The molecule has 3 aliphatic rings. The van der Waals surface area contributed by atoms with Crippen molar-refractivity contribution < 1.29 is 9.59 Å². The summed E-state index contributed by atoms with van der Waals surface area (Å²) in [6, 6.07) is 0.222. The van der Waals surface area contributed by atoms with Crippen molar-refractivity contribution in [1.82, 2.24) is 14.7 Å². The first-order chi connectivity index (χ1) is 11.2. The number of anilines is 1. The maximum Gasteiger partial charge on any atom is 0.227 e. The number of carbonyl (C=O) groups excluding carboxylic acids is 2. The molecule has 122 valence electrons. The molecule has 6 heteroatoms. The highest BCUT2D eigenvalue weighted by atomic mass is 16.2. The minimum absolute atomic E-state index is 0.143. The van der Waals surface area contributed by atoms with Gasteiger partial charge in [0.15, 0.2) is 0 Å². The molecule has 1 aliphatic carbocycles. The maximum atomic E-state index is 12.5. The molecule has 1 aromatic rings. The molecule has 0 saturated carbocycles. The molecule has 0 aromatic carbocycles. The quantitative estimate of drug-likeness (QED) is 0.799. The zero-order valence-corrected chi connectivity index (χ0v) is 13.2. The third kappa shape index (κ3) is 2.66. The summed E-state index contributed by atoms with van der Waals surface area (Å²) in [7, 11) is 0. The molecule has 0 N–H and O–H groups in total. The van der Waals surface area contributed by atoms with Crippen molar-refractivity contribution in [3.8, 4) is 0 Å². The predicted molar refractivity (Wildman–Crippen MR) is 85.9 cm³/mol. The highest BCUT2D eigenvalue weighted by Gasteiger charge is 2.32. The summed E-state index contributed by atoms with van der Waals surface area (Å²) in [5.41, 5.74) is 0.886. The van der Waals surface area contributed by atoms with Gasteiger partial charge in [-0.25, -0.2) is 0 Å². The lowest BCUT2D eigenvalue weighted by Crippen LogP contribution is -2.33. The molecule has 2 amide bonds. The number of allylic oxidation sites excluding steroid dienone is 2. The Morgan fingerprint density at radius 2 is 2.04 bits per heavy atom. The summed E-state index contributed by atoms with van der Waals surface area (Å²) in [6.45, 7) is 2.32. The van der Waals surface area contributed by atoms with E-state index in [0.717, 1.165) is 51.0 Å². The van der Waals surface area contributed by atoms with E-state index in [-0.39, 0.29) is 23.8 Å². The second-order valence-corrected chi connectivity index (χ2v) is 6.69. The largest absolute Gasteiger partial charge is 0.340 e. The van der Waals surface area contributed by atoms with Gasteiger partial charge >= 0.3 is 0 Å². The van der Waals surface area contributed by atoms with Crippen molar-refractivity contribution in [3.63, 3.8) is 0 Å². The summed E-state index contributed by atoms with van der Waals surface area (Å²) >= 11 is 0. The highest BCUT2D eigenvalue weighted by Crippen LogP contribution is 2.28. The SMILES string of the molecule is O=C(C1CC=CC1)N1CCC(n2cc(N3CCCC3=O)cn2)C1. The molecule has 2 saturated heterocycles. The topological polar surface area (TPSA) is 58.4 Å². The van der Waals surface area contributed by atoms with Gasteiger partial charge in [0.05, 0.1) is 17.9 Å². The zero-order valence-electron chi connectivity index (χ0n) is 13.2. The van der Waals surface area contributed by atoms with Crippen LogP contribution in [0.1, 0.15) is 38.1 Å². The fourth-order valence-corrected chi connectivity index (χ4v) is 3.82. The van der Waals surface area contributed by atoms with Gasteiger partial charge in [-0.1, -0.05) is 12.2 Å². The second kappa shape index (κ2) is 5.83. The molecule has 2 fully saturated rings. The molecule has 0 bridgehead atoms. The first-order valence-electron chi connectivity index (χ1n) is 8.50. The van der Waals surface area contributed by atoms with Gasteiger partial charge in [0, 0.05) is 38.2 Å². The van der Waals surface area contributed by atoms with E-state index in [1.165, 1.54) is 0 Å². The molecule has 1 aromatic heterocycles. The van der Waals surface area contributed by atoms with E-state index in [1.54, 1.807) is 6.20 Å². The molecule has 3 heterocycles. The van der Waals surface area contributed by atoms with E-state index in [4.69, 9.17) is 0 Å². The van der Waals surface area contributed by atoms with Crippen LogP contribution in [0.3, 0.4) is 0 Å². The van der Waals surface area contributed by atoms with Crippen molar-refractivity contribution in [1.29, 1.82) is 0 Å². The van der Waals surface area contributed by atoms with Crippen LogP contribution < -0.4 is 4.90 Å². The molecule has 2 aliphatic heterocycles. The number of hydrogen-bond acceptors (Lipinski definition) is 3. The van der Waals surface area contributed by atoms with E-state index >= 15 is 0 Å². The van der Waals surface area contributed by atoms with Gasteiger partial charge in [-0.05, 0) is 25.7 Å². The third-order valence-corrected chi connectivity index (χ3v) is 5.18. The molecule has 1 atom stereocenters. The Bertz CT molecular complexity index is 643. The van der Waals surface area contributed by atoms with Gasteiger partial charge in [0.2, 0.25) is 11.8 Å². The lowest BCUT2D eigenvalue weighted by molar-refractivity contribution is -0.134. The Labute approximate surface area is 135 Å². The van der Waals surface area contributed by atoms with Crippen LogP contribution in [0.4, 0.5) is 5.69 Å². The van der Waals surface area contributed by atoms with Gasteiger partial charge in [-0.3, -0.25) is 14.3 Å². The monoisotopic (exact) mass is 314 g/mol. The second-order valence-electron chi connectivity index (χ2n) is 6.69. The summed E-state index contributed by atoms with van der Waals surface area (Å²) in [6.07, 6.45) is 12.2. The molecule has 4 rings (SSSR count). The van der Waals surface area contributed by atoms with Crippen LogP contribution in [0.5, 0.6) is 0 Å². The standard InChI is InChI=1S/C17H22N4O2/c22-16-6-3-8-20(16)15-10-18-21(12-15)14-7-9-19(11-14)17(23)13-4-1-2-5-13/h1-2,10,12-14H,3-9,11H2. The summed E-state index contributed by atoms with van der Waals surface area (Å²) in [4.78, 5) is 28.1. The average molecular weight is 314 g/mol. The lowest BCUT2D eigenvalue weighted by Gasteiger charge is -2.20. The van der Waals surface area contributed by atoms with Gasteiger partial charge in [-0.2, -0.15) is 5.10 Å². The van der Waals surface area contributed by atoms with Crippen molar-refractivity contribution in [2.24, 2.45) is 5.92 Å². The summed E-state index contributed by atoms with van der Waals surface area (Å²) in [5, 5.41) is 4.44. The fourth-order valence-electron chi connectivity index (χ4n) is 3.82. The first-order valence-corrected chi connectivity index (χ1v) is 8.50. The van der Waals surface area contributed by atoms with Crippen LogP contribution >= 0.6 is 0 Å². The van der Waals surface area contributed by atoms with Crippen LogP contribution in [0.2, 0.25) is 0 Å². The number of aromatic nitrogens is 2. The van der Waals surface area contributed by atoms with Gasteiger partial charge in [0.1, 0.15) is 0 Å². The van der Waals surface area contributed by atoms with E-state index in [9.17, 15) is 9.59 Å². The molecule has 23 heavy (non-hydrogen) atoms. The van der Waals surface area contributed by atoms with Crippen LogP contribution in [0, 0.1) is 5.92 Å². The number of rotatable bonds is 3. The summed E-state index contributed by atoms with van der Waals surface area (Å²) < 4.78 is 1.93. The van der Waals surface area contributed by atoms with Crippen molar-refractivity contribution in [2.45, 2.75) is 38.1 Å². The Morgan fingerprint density at radius 1 is 1.22 bits per heavy atom. The van der Waals surface area contributed by atoms with Crippen LogP contribution in [0.25, 0.3) is 0 Å². The number of nitrogens with zero attached hydrogens (tertiary/aromatic N) is 4. The number of hydrogen-bond donors (Lipinski definition) is 0. The Kier molecular flexibility index (Phi) is 3.67. The molecule has 0 spiro atoms. The third-order valence-electron chi connectivity index (χ3n) is 5.18. The molecule has 1 unspecified atom stereocenters. The molecule has 0 radical (unpaired) electrons. The van der Waals surface area contributed by atoms with E-state index in [1.807, 2.05) is 20.7 Å². The molecule has 6 nitrogen and oxygen atoms in total. The van der Waals surface area contributed by atoms with E-state index < -0.39 is 0 Å². The Hall–Kier alpha value is -2.11. The van der Waals surface area contributed by atoms with Gasteiger partial charge < -0.3 is 9.80 Å². The minimum Gasteiger partial charge on any atom is -0.340 e. The fraction of sp³-hybridized carbons (Fsp3) is 0.588. The normalized spacial score (nSPS) is 25.0. The minimum atomic E-state index is 0.143.